The molecule has 94 valence electrons. The third-order valence-corrected chi connectivity index (χ3v) is 1.56. The van der Waals surface area contributed by atoms with Gasteiger partial charge in [-0.25, -0.2) is 4.79 Å². The Kier molecular flexibility index (Phi) is 7.64. The number of rotatable bonds is 6. The molecule has 0 fully saturated rings. The molecule has 0 spiro atoms. The molecule has 0 aromatic heterocycles. The fraction of sp³-hybridized carbons (Fsp3) is 0.750. The molecular weight excluding hydrogens is 206 g/mol. The van der Waals surface area contributed by atoms with Crippen LogP contribution in [0.3, 0.4) is 0 Å². The molecule has 4 nitrogen and oxygen atoms in total. The zero-order chi connectivity index (χ0) is 12.4. The van der Waals surface area contributed by atoms with E-state index >= 15 is 0 Å². The van der Waals surface area contributed by atoms with Crippen LogP contribution in [0.25, 0.3) is 0 Å². The van der Waals surface area contributed by atoms with Gasteiger partial charge < -0.3 is 14.8 Å². The number of amides is 1. The van der Waals surface area contributed by atoms with Gasteiger partial charge >= 0.3 is 6.09 Å². The van der Waals surface area contributed by atoms with Gasteiger partial charge in [-0.15, -0.1) is 0 Å². The number of carbonyl (C=O) groups excluding carboxylic acids is 1. The van der Waals surface area contributed by atoms with E-state index in [2.05, 4.69) is 26.1 Å². The van der Waals surface area contributed by atoms with Crippen LogP contribution in [0.2, 0.25) is 0 Å². The molecule has 1 amide bonds. The van der Waals surface area contributed by atoms with E-state index in [0.29, 0.717) is 19.8 Å². The quantitative estimate of drug-likeness (QED) is 0.562. The standard InChI is InChI=1S/C12H23NO3/c1-5-16-11(14)13-8-6-7-9-15-10-12(2,3)4/h6-7H,5,8-10H2,1-4H3,(H,13,14). The van der Waals surface area contributed by atoms with E-state index in [1.165, 1.54) is 0 Å². The average Bonchev–Trinajstić information content (AvgIpc) is 2.15. The van der Waals surface area contributed by atoms with Gasteiger partial charge in [0.25, 0.3) is 0 Å². The van der Waals surface area contributed by atoms with Crippen molar-refractivity contribution in [3.05, 3.63) is 12.2 Å². The monoisotopic (exact) mass is 229 g/mol. The zero-order valence-corrected chi connectivity index (χ0v) is 10.7. The largest absolute Gasteiger partial charge is 0.450 e. The lowest BCUT2D eigenvalue weighted by molar-refractivity contribution is 0.0909. The van der Waals surface area contributed by atoms with Crippen molar-refractivity contribution in [1.82, 2.24) is 5.32 Å². The highest BCUT2D eigenvalue weighted by Crippen LogP contribution is 2.12. The number of nitrogens with one attached hydrogen (secondary N) is 1. The Labute approximate surface area is 98.0 Å². The molecule has 0 aliphatic heterocycles. The first-order valence-corrected chi connectivity index (χ1v) is 5.59. The predicted molar refractivity (Wildman–Crippen MR) is 64.4 cm³/mol. The Bertz CT molecular complexity index is 219. The zero-order valence-electron chi connectivity index (χ0n) is 10.7. The highest BCUT2D eigenvalue weighted by Gasteiger charge is 2.08. The minimum Gasteiger partial charge on any atom is -0.450 e. The number of hydrogen-bond donors (Lipinski definition) is 1. The molecule has 0 radical (unpaired) electrons. The van der Waals surface area contributed by atoms with Gasteiger partial charge in [-0.05, 0) is 12.3 Å². The minimum absolute atomic E-state index is 0.191. The van der Waals surface area contributed by atoms with Gasteiger partial charge in [0.2, 0.25) is 0 Å². The first-order valence-electron chi connectivity index (χ1n) is 5.59. The molecule has 16 heavy (non-hydrogen) atoms. The molecule has 0 aromatic carbocycles. The summed E-state index contributed by atoms with van der Waals surface area (Å²) in [7, 11) is 0. The number of carbonyl (C=O) groups is 1. The lowest BCUT2D eigenvalue weighted by Crippen LogP contribution is -2.24. The van der Waals surface area contributed by atoms with Gasteiger partial charge in [-0.2, -0.15) is 0 Å². The molecule has 4 heteroatoms. The summed E-state index contributed by atoms with van der Waals surface area (Å²) >= 11 is 0. The van der Waals surface area contributed by atoms with Gasteiger partial charge in [-0.1, -0.05) is 32.9 Å². The average molecular weight is 229 g/mol. The number of alkyl carbamates (subject to hydrolysis) is 1. The number of hydrogen-bond acceptors (Lipinski definition) is 3. The maximum absolute atomic E-state index is 10.9. The van der Waals surface area contributed by atoms with Crippen molar-refractivity contribution < 1.29 is 14.3 Å². The van der Waals surface area contributed by atoms with Crippen molar-refractivity contribution in [2.24, 2.45) is 5.41 Å². The molecule has 0 rings (SSSR count). The van der Waals surface area contributed by atoms with Crippen LogP contribution in [-0.2, 0) is 9.47 Å². The van der Waals surface area contributed by atoms with E-state index in [0.717, 1.165) is 6.61 Å². The van der Waals surface area contributed by atoms with Crippen LogP contribution in [0, 0.1) is 5.41 Å². The minimum atomic E-state index is -0.386. The van der Waals surface area contributed by atoms with Gasteiger partial charge in [0.1, 0.15) is 0 Å². The smallest absolute Gasteiger partial charge is 0.407 e. The van der Waals surface area contributed by atoms with Gasteiger partial charge in [0, 0.05) is 6.54 Å². The second-order valence-corrected chi connectivity index (χ2v) is 4.65. The van der Waals surface area contributed by atoms with Crippen LogP contribution in [0.5, 0.6) is 0 Å². The normalized spacial score (nSPS) is 11.8. The molecule has 0 atom stereocenters. The second kappa shape index (κ2) is 8.16. The predicted octanol–water partition coefficient (Wildman–Crippen LogP) is 2.35. The van der Waals surface area contributed by atoms with Crippen LogP contribution in [-0.4, -0.2) is 32.5 Å². The van der Waals surface area contributed by atoms with Crippen LogP contribution in [0.4, 0.5) is 4.79 Å². The molecule has 0 saturated carbocycles. The topological polar surface area (TPSA) is 47.6 Å². The third-order valence-electron chi connectivity index (χ3n) is 1.56. The van der Waals surface area contributed by atoms with E-state index in [9.17, 15) is 4.79 Å². The van der Waals surface area contributed by atoms with Crippen molar-refractivity contribution in [3.8, 4) is 0 Å². The van der Waals surface area contributed by atoms with Crippen LogP contribution in [0.1, 0.15) is 27.7 Å². The van der Waals surface area contributed by atoms with E-state index < -0.39 is 0 Å². The van der Waals surface area contributed by atoms with Gasteiger partial charge in [-0.3, -0.25) is 0 Å². The molecular formula is C12H23NO3. The van der Waals surface area contributed by atoms with Crippen molar-refractivity contribution in [1.29, 1.82) is 0 Å². The maximum atomic E-state index is 10.9. The lowest BCUT2D eigenvalue weighted by atomic mass is 9.99. The Balaban J connectivity index is 3.39. The summed E-state index contributed by atoms with van der Waals surface area (Å²) in [6, 6.07) is 0. The van der Waals surface area contributed by atoms with Crippen LogP contribution < -0.4 is 5.32 Å². The molecule has 0 aliphatic rings. The fourth-order valence-corrected chi connectivity index (χ4v) is 0.909. The summed E-state index contributed by atoms with van der Waals surface area (Å²) < 4.78 is 10.1. The van der Waals surface area contributed by atoms with E-state index in [1.807, 2.05) is 12.2 Å². The highest BCUT2D eigenvalue weighted by atomic mass is 16.5. The Morgan fingerprint density at radius 3 is 2.56 bits per heavy atom. The van der Waals surface area contributed by atoms with Gasteiger partial charge in [0.05, 0.1) is 19.8 Å². The first kappa shape index (κ1) is 15.0. The highest BCUT2D eigenvalue weighted by molar-refractivity contribution is 5.67. The summed E-state index contributed by atoms with van der Waals surface area (Å²) in [5, 5.41) is 2.59. The van der Waals surface area contributed by atoms with Gasteiger partial charge in [0.15, 0.2) is 0 Å². The summed E-state index contributed by atoms with van der Waals surface area (Å²) in [6.07, 6.45) is 3.35. The lowest BCUT2D eigenvalue weighted by Gasteiger charge is -2.16. The molecule has 0 bridgehead atoms. The fourth-order valence-electron chi connectivity index (χ4n) is 0.909. The summed E-state index contributed by atoms with van der Waals surface area (Å²) in [5.41, 5.74) is 0.191. The first-order chi connectivity index (χ1) is 7.45. The molecule has 1 N–H and O–H groups in total. The van der Waals surface area contributed by atoms with E-state index in [-0.39, 0.29) is 11.5 Å². The SMILES string of the molecule is CCOC(=O)NCC=CCOCC(C)(C)C. The summed E-state index contributed by atoms with van der Waals surface area (Å²) in [6.45, 7) is 10.3. The maximum Gasteiger partial charge on any atom is 0.407 e. The summed E-state index contributed by atoms with van der Waals surface area (Å²) in [4.78, 5) is 10.9. The van der Waals surface area contributed by atoms with Crippen LogP contribution >= 0.6 is 0 Å². The Morgan fingerprint density at radius 2 is 2.00 bits per heavy atom. The van der Waals surface area contributed by atoms with Crippen molar-refractivity contribution >= 4 is 6.09 Å². The molecule has 0 unspecified atom stereocenters. The molecule has 0 aromatic rings. The van der Waals surface area contributed by atoms with Crippen molar-refractivity contribution in [3.63, 3.8) is 0 Å². The van der Waals surface area contributed by atoms with Crippen molar-refractivity contribution in [2.75, 3.05) is 26.4 Å². The third kappa shape index (κ3) is 11.0. The van der Waals surface area contributed by atoms with E-state index in [4.69, 9.17) is 9.47 Å². The molecule has 0 aliphatic carbocycles. The summed E-state index contributed by atoms with van der Waals surface area (Å²) in [5.74, 6) is 0. The second-order valence-electron chi connectivity index (χ2n) is 4.65. The molecule has 0 heterocycles. The Hall–Kier alpha value is -1.03. The van der Waals surface area contributed by atoms with E-state index in [1.54, 1.807) is 6.92 Å². The van der Waals surface area contributed by atoms with Crippen molar-refractivity contribution in [2.45, 2.75) is 27.7 Å². The molecule has 0 saturated heterocycles. The van der Waals surface area contributed by atoms with Crippen LogP contribution in [0.15, 0.2) is 12.2 Å². The number of ether oxygens (including phenoxy) is 2. The Morgan fingerprint density at radius 1 is 1.31 bits per heavy atom.